The molecule has 2 aromatic rings. The molecule has 0 saturated heterocycles. The van der Waals surface area contributed by atoms with Gasteiger partial charge in [0.25, 0.3) is 0 Å². The first-order valence-electron chi connectivity index (χ1n) is 7.50. The van der Waals surface area contributed by atoms with E-state index in [4.69, 9.17) is 0 Å². The van der Waals surface area contributed by atoms with Gasteiger partial charge in [0.15, 0.2) is 0 Å². The quantitative estimate of drug-likeness (QED) is 0.851. The van der Waals surface area contributed by atoms with Crippen LogP contribution < -0.4 is 0 Å². The molecule has 0 aliphatic carbocycles. The van der Waals surface area contributed by atoms with Crippen molar-refractivity contribution in [3.8, 4) is 0 Å². The molecule has 0 saturated carbocycles. The largest absolute Gasteiger partial charge is 0.478 e. The molecule has 1 heterocycles. The van der Waals surface area contributed by atoms with Gasteiger partial charge in [-0.05, 0) is 38.6 Å². The lowest BCUT2D eigenvalue weighted by Gasteiger charge is -2.20. The number of likely N-dealkylation sites (N-methyl/N-ethyl adjacent to an activating group) is 1. The molecule has 0 aliphatic rings. The number of benzene rings is 1. The summed E-state index contributed by atoms with van der Waals surface area (Å²) in [4.78, 5) is 18.3. The van der Waals surface area contributed by atoms with Crippen molar-refractivity contribution in [2.24, 2.45) is 0 Å². The summed E-state index contributed by atoms with van der Waals surface area (Å²) in [5.41, 5.74) is 1.81. The fourth-order valence-electron chi connectivity index (χ4n) is 2.73. The van der Waals surface area contributed by atoms with Crippen LogP contribution >= 0.6 is 0 Å². The minimum atomic E-state index is -0.900. The highest BCUT2D eigenvalue weighted by Gasteiger charge is 2.16. The fraction of sp³-hybridized carbons (Fsp3) is 0.500. The number of carbonyl (C=O) groups is 1. The number of carboxylic acid groups (broad SMARTS) is 1. The molecule has 0 radical (unpaired) electrons. The second-order valence-electron chi connectivity index (χ2n) is 5.22. The van der Waals surface area contributed by atoms with Crippen molar-refractivity contribution in [3.05, 3.63) is 29.6 Å². The molecule has 2 rings (SSSR count). The molecule has 0 fully saturated rings. The average molecular weight is 289 g/mol. The van der Waals surface area contributed by atoms with E-state index in [0.717, 1.165) is 49.5 Å². The third kappa shape index (κ3) is 3.24. The number of carboxylic acids is 1. The Bertz CT molecular complexity index is 634. The van der Waals surface area contributed by atoms with E-state index in [1.807, 2.05) is 17.6 Å². The van der Waals surface area contributed by atoms with Crippen LogP contribution in [-0.2, 0) is 6.54 Å². The predicted molar refractivity (Wildman–Crippen MR) is 83.8 cm³/mol. The summed E-state index contributed by atoms with van der Waals surface area (Å²) in [5.74, 6) is -0.0334. The van der Waals surface area contributed by atoms with E-state index in [-0.39, 0.29) is 0 Å². The van der Waals surface area contributed by atoms with Crippen molar-refractivity contribution in [1.29, 1.82) is 0 Å². The van der Waals surface area contributed by atoms with Crippen molar-refractivity contribution < 1.29 is 9.90 Å². The summed E-state index contributed by atoms with van der Waals surface area (Å²) in [7, 11) is 0. The van der Waals surface area contributed by atoms with Gasteiger partial charge in [-0.3, -0.25) is 0 Å². The third-order valence-electron chi connectivity index (χ3n) is 3.81. The van der Waals surface area contributed by atoms with Crippen molar-refractivity contribution in [2.45, 2.75) is 33.7 Å². The monoisotopic (exact) mass is 289 g/mol. The van der Waals surface area contributed by atoms with Crippen LogP contribution in [0.1, 0.15) is 36.5 Å². The summed E-state index contributed by atoms with van der Waals surface area (Å²) in [6, 6.07) is 5.26. The first-order valence-corrected chi connectivity index (χ1v) is 7.50. The van der Waals surface area contributed by atoms with Gasteiger partial charge in [0, 0.05) is 13.1 Å². The van der Waals surface area contributed by atoms with Gasteiger partial charge in [0.1, 0.15) is 5.82 Å². The number of aromatic nitrogens is 2. The van der Waals surface area contributed by atoms with Crippen molar-refractivity contribution in [1.82, 2.24) is 14.5 Å². The normalized spacial score (nSPS) is 11.4. The molecule has 0 amide bonds. The van der Waals surface area contributed by atoms with Crippen LogP contribution in [0.3, 0.4) is 0 Å². The highest BCUT2D eigenvalue weighted by Crippen LogP contribution is 2.20. The van der Waals surface area contributed by atoms with Crippen LogP contribution in [0.2, 0.25) is 0 Å². The lowest BCUT2D eigenvalue weighted by Crippen LogP contribution is -2.28. The molecule has 1 N–H and O–H groups in total. The molecular formula is C16H23N3O2. The number of fused-ring (bicyclic) bond motifs is 1. The third-order valence-corrected chi connectivity index (χ3v) is 3.81. The highest BCUT2D eigenvalue weighted by atomic mass is 16.4. The van der Waals surface area contributed by atoms with Gasteiger partial charge in [0.05, 0.1) is 16.6 Å². The van der Waals surface area contributed by atoms with Crippen LogP contribution in [0.5, 0.6) is 0 Å². The SMILES string of the molecule is CCCN(CC)CCn1c(C)nc2cccc(C(=O)O)c21. The van der Waals surface area contributed by atoms with Gasteiger partial charge in [0.2, 0.25) is 0 Å². The van der Waals surface area contributed by atoms with Gasteiger partial charge in [-0.15, -0.1) is 0 Å². The molecule has 0 bridgehead atoms. The molecule has 5 heteroatoms. The summed E-state index contributed by atoms with van der Waals surface area (Å²) < 4.78 is 2.02. The van der Waals surface area contributed by atoms with Crippen LogP contribution in [-0.4, -0.2) is 45.2 Å². The van der Waals surface area contributed by atoms with Gasteiger partial charge >= 0.3 is 5.97 Å². The Balaban J connectivity index is 2.34. The first kappa shape index (κ1) is 15.5. The highest BCUT2D eigenvalue weighted by molar-refractivity contribution is 6.01. The number of aryl methyl sites for hydroxylation is 1. The zero-order valence-corrected chi connectivity index (χ0v) is 13.0. The Morgan fingerprint density at radius 3 is 2.71 bits per heavy atom. The predicted octanol–water partition coefficient (Wildman–Crippen LogP) is 2.77. The van der Waals surface area contributed by atoms with Crippen molar-refractivity contribution in [2.75, 3.05) is 19.6 Å². The summed E-state index contributed by atoms with van der Waals surface area (Å²) >= 11 is 0. The van der Waals surface area contributed by atoms with Crippen molar-refractivity contribution in [3.63, 3.8) is 0 Å². The van der Waals surface area contributed by atoms with E-state index in [1.165, 1.54) is 0 Å². The van der Waals surface area contributed by atoms with Crippen LogP contribution in [0.4, 0.5) is 0 Å². The maximum Gasteiger partial charge on any atom is 0.337 e. The van der Waals surface area contributed by atoms with Gasteiger partial charge in [-0.25, -0.2) is 9.78 Å². The van der Waals surface area contributed by atoms with E-state index in [1.54, 1.807) is 12.1 Å². The van der Waals surface area contributed by atoms with E-state index >= 15 is 0 Å². The molecule has 1 aromatic carbocycles. The smallest absolute Gasteiger partial charge is 0.337 e. The minimum absolute atomic E-state index is 0.326. The lowest BCUT2D eigenvalue weighted by atomic mass is 10.2. The topological polar surface area (TPSA) is 58.4 Å². The Kier molecular flexibility index (Phi) is 4.96. The van der Waals surface area contributed by atoms with Gasteiger partial charge in [-0.1, -0.05) is 19.9 Å². The summed E-state index contributed by atoms with van der Waals surface area (Å²) in [6.45, 7) is 9.99. The van der Waals surface area contributed by atoms with E-state index < -0.39 is 5.97 Å². The molecule has 21 heavy (non-hydrogen) atoms. The second-order valence-corrected chi connectivity index (χ2v) is 5.22. The molecule has 0 atom stereocenters. The zero-order valence-electron chi connectivity index (χ0n) is 13.0. The summed E-state index contributed by atoms with van der Waals surface area (Å²) in [5, 5.41) is 9.37. The zero-order chi connectivity index (χ0) is 15.4. The van der Waals surface area contributed by atoms with E-state index in [9.17, 15) is 9.90 Å². The summed E-state index contributed by atoms with van der Waals surface area (Å²) in [6.07, 6.45) is 1.12. The lowest BCUT2D eigenvalue weighted by molar-refractivity contribution is 0.0698. The number of para-hydroxylation sites is 1. The van der Waals surface area contributed by atoms with Gasteiger partial charge in [-0.2, -0.15) is 0 Å². The molecule has 1 aromatic heterocycles. The minimum Gasteiger partial charge on any atom is -0.478 e. The standard InChI is InChI=1S/C16H23N3O2/c1-4-9-18(5-2)10-11-19-12(3)17-14-8-6-7-13(15(14)19)16(20)21/h6-8H,4-5,9-11H2,1-3H3,(H,20,21). The Hall–Kier alpha value is -1.88. The van der Waals surface area contributed by atoms with Crippen LogP contribution in [0.25, 0.3) is 11.0 Å². The molecular weight excluding hydrogens is 266 g/mol. The van der Waals surface area contributed by atoms with Crippen molar-refractivity contribution >= 4 is 17.0 Å². The first-order chi connectivity index (χ1) is 10.1. The molecule has 5 nitrogen and oxygen atoms in total. The van der Waals surface area contributed by atoms with Crippen LogP contribution in [0, 0.1) is 6.92 Å². The maximum atomic E-state index is 11.4. The molecule has 0 aliphatic heterocycles. The number of nitrogens with zero attached hydrogens (tertiary/aromatic N) is 3. The second kappa shape index (κ2) is 6.72. The fourth-order valence-corrected chi connectivity index (χ4v) is 2.73. The number of rotatable bonds is 7. The van der Waals surface area contributed by atoms with Crippen LogP contribution in [0.15, 0.2) is 18.2 Å². The maximum absolute atomic E-state index is 11.4. The Morgan fingerprint density at radius 2 is 2.10 bits per heavy atom. The molecule has 0 unspecified atom stereocenters. The van der Waals surface area contributed by atoms with Gasteiger partial charge < -0.3 is 14.6 Å². The Morgan fingerprint density at radius 1 is 1.33 bits per heavy atom. The number of hydrogen-bond acceptors (Lipinski definition) is 3. The molecule has 0 spiro atoms. The van der Waals surface area contributed by atoms with E-state index in [2.05, 4.69) is 23.7 Å². The number of hydrogen-bond donors (Lipinski definition) is 1. The number of aromatic carboxylic acids is 1. The number of imidazole rings is 1. The average Bonchev–Trinajstić information content (AvgIpc) is 2.78. The Labute approximate surface area is 125 Å². The molecule has 114 valence electrons. The van der Waals surface area contributed by atoms with E-state index in [0.29, 0.717) is 5.56 Å².